The summed E-state index contributed by atoms with van der Waals surface area (Å²) in [5.74, 6) is 0.408. The summed E-state index contributed by atoms with van der Waals surface area (Å²) in [4.78, 5) is 6.24. The van der Waals surface area contributed by atoms with E-state index in [4.69, 9.17) is 0 Å². The van der Waals surface area contributed by atoms with Gasteiger partial charge in [0.05, 0.1) is 6.61 Å². The van der Waals surface area contributed by atoms with Gasteiger partial charge in [-0.1, -0.05) is 27.7 Å². The highest BCUT2D eigenvalue weighted by Gasteiger charge is 2.22. The fourth-order valence-corrected chi connectivity index (χ4v) is 2.32. The van der Waals surface area contributed by atoms with E-state index < -0.39 is 5.82 Å². The Labute approximate surface area is 115 Å². The zero-order valence-electron chi connectivity index (χ0n) is 12.4. The summed E-state index contributed by atoms with van der Waals surface area (Å²) in [5, 5.41) is 9.17. The highest BCUT2D eigenvalue weighted by Crippen LogP contribution is 2.24. The number of aliphatic hydroxyl groups is 1. The van der Waals surface area contributed by atoms with Crippen LogP contribution in [-0.4, -0.2) is 22.7 Å². The minimum absolute atomic E-state index is 0.276. The molecule has 0 atom stereocenters. The van der Waals surface area contributed by atoms with Crippen LogP contribution in [0.5, 0.6) is 0 Å². The second-order valence-corrected chi connectivity index (χ2v) is 5.28. The smallest absolute Gasteiger partial charge is 0.171 e. The Bertz CT molecular complexity index is 392. The Morgan fingerprint density at radius 1 is 1.32 bits per heavy atom. The molecular weight excluding hydrogens is 243 g/mol. The maximum atomic E-state index is 14.3. The lowest BCUT2D eigenvalue weighted by atomic mass is 10.1. The third-order valence-corrected chi connectivity index (χ3v) is 3.34. The summed E-state index contributed by atoms with van der Waals surface area (Å²) < 4.78 is 14.3. The Morgan fingerprint density at radius 2 is 1.95 bits per heavy atom. The molecule has 1 aromatic heterocycles. The monoisotopic (exact) mass is 268 g/mol. The van der Waals surface area contributed by atoms with Crippen LogP contribution < -0.4 is 4.90 Å². The maximum Gasteiger partial charge on any atom is 0.171 e. The van der Waals surface area contributed by atoms with Gasteiger partial charge in [0.1, 0.15) is 0 Å². The SMILES string of the molecule is CCC(CC)N(CC(C)C)c1nccc(CO)c1F. The van der Waals surface area contributed by atoms with Crippen LogP contribution in [0.3, 0.4) is 0 Å². The molecule has 0 spiro atoms. The number of nitrogens with zero attached hydrogens (tertiary/aromatic N) is 2. The molecule has 0 fully saturated rings. The normalized spacial score (nSPS) is 11.4. The highest BCUT2D eigenvalue weighted by atomic mass is 19.1. The van der Waals surface area contributed by atoms with Gasteiger partial charge in [0.15, 0.2) is 11.6 Å². The van der Waals surface area contributed by atoms with Crippen molar-refractivity contribution in [1.82, 2.24) is 4.98 Å². The topological polar surface area (TPSA) is 36.4 Å². The van der Waals surface area contributed by atoms with Crippen LogP contribution in [0.15, 0.2) is 12.3 Å². The number of aromatic nitrogens is 1. The van der Waals surface area contributed by atoms with Crippen molar-refractivity contribution < 1.29 is 9.50 Å². The summed E-state index contributed by atoms with van der Waals surface area (Å²) in [6, 6.07) is 1.80. The third-order valence-electron chi connectivity index (χ3n) is 3.34. The first-order valence-corrected chi connectivity index (χ1v) is 7.05. The lowest BCUT2D eigenvalue weighted by Crippen LogP contribution is -2.38. The van der Waals surface area contributed by atoms with Crippen molar-refractivity contribution in [2.75, 3.05) is 11.4 Å². The van der Waals surface area contributed by atoms with Gasteiger partial charge in [0.2, 0.25) is 0 Å². The quantitative estimate of drug-likeness (QED) is 0.823. The van der Waals surface area contributed by atoms with Crippen molar-refractivity contribution in [3.63, 3.8) is 0 Å². The van der Waals surface area contributed by atoms with Crippen molar-refractivity contribution in [3.05, 3.63) is 23.6 Å². The summed E-state index contributed by atoms with van der Waals surface area (Å²) in [6.07, 6.45) is 3.47. The lowest BCUT2D eigenvalue weighted by Gasteiger charge is -2.33. The van der Waals surface area contributed by atoms with E-state index >= 15 is 0 Å². The van der Waals surface area contributed by atoms with Gasteiger partial charge < -0.3 is 10.0 Å². The molecule has 0 unspecified atom stereocenters. The minimum Gasteiger partial charge on any atom is -0.392 e. The maximum absolute atomic E-state index is 14.3. The number of rotatable bonds is 7. The molecule has 0 bridgehead atoms. The molecule has 0 aliphatic heterocycles. The molecule has 0 saturated carbocycles. The van der Waals surface area contributed by atoms with Gasteiger partial charge in [-0.25, -0.2) is 9.37 Å². The molecule has 0 aliphatic rings. The average molecular weight is 268 g/mol. The number of pyridine rings is 1. The van der Waals surface area contributed by atoms with Gasteiger partial charge in [-0.15, -0.1) is 0 Å². The molecule has 0 aromatic carbocycles. The molecule has 1 heterocycles. The van der Waals surface area contributed by atoms with Crippen LogP contribution in [-0.2, 0) is 6.61 Å². The predicted octanol–water partition coefficient (Wildman–Crippen LogP) is 3.36. The van der Waals surface area contributed by atoms with E-state index in [0.717, 1.165) is 19.4 Å². The second kappa shape index (κ2) is 7.43. The molecule has 1 aromatic rings. The van der Waals surface area contributed by atoms with Gasteiger partial charge in [0.25, 0.3) is 0 Å². The van der Waals surface area contributed by atoms with Crippen LogP contribution in [0.25, 0.3) is 0 Å². The van der Waals surface area contributed by atoms with Gasteiger partial charge in [0, 0.05) is 24.3 Å². The molecule has 1 N–H and O–H groups in total. The minimum atomic E-state index is -0.391. The Kier molecular flexibility index (Phi) is 6.22. The zero-order valence-corrected chi connectivity index (χ0v) is 12.4. The number of anilines is 1. The number of halogens is 1. The summed E-state index contributed by atoms with van der Waals surface area (Å²) in [5.41, 5.74) is 0.310. The molecule has 0 amide bonds. The first-order chi connectivity index (χ1) is 9.04. The molecule has 19 heavy (non-hydrogen) atoms. The number of hydrogen-bond donors (Lipinski definition) is 1. The van der Waals surface area contributed by atoms with Gasteiger partial charge in [-0.05, 0) is 24.8 Å². The van der Waals surface area contributed by atoms with Gasteiger partial charge in [-0.3, -0.25) is 0 Å². The second-order valence-electron chi connectivity index (χ2n) is 5.28. The summed E-state index contributed by atoms with van der Waals surface area (Å²) in [7, 11) is 0. The fourth-order valence-electron chi connectivity index (χ4n) is 2.32. The largest absolute Gasteiger partial charge is 0.392 e. The molecule has 3 nitrogen and oxygen atoms in total. The van der Waals surface area contributed by atoms with Crippen LogP contribution in [0.2, 0.25) is 0 Å². The van der Waals surface area contributed by atoms with E-state index in [9.17, 15) is 9.50 Å². The molecule has 0 saturated heterocycles. The fraction of sp³-hybridized carbons (Fsp3) is 0.667. The zero-order chi connectivity index (χ0) is 14.4. The van der Waals surface area contributed by atoms with Crippen LogP contribution in [0, 0.1) is 11.7 Å². The molecule has 108 valence electrons. The van der Waals surface area contributed by atoms with E-state index in [1.165, 1.54) is 6.07 Å². The van der Waals surface area contributed by atoms with E-state index in [-0.39, 0.29) is 12.6 Å². The molecule has 4 heteroatoms. The Hall–Kier alpha value is -1.16. The predicted molar refractivity (Wildman–Crippen MR) is 76.7 cm³/mol. The molecule has 1 rings (SSSR count). The average Bonchev–Trinajstić information content (AvgIpc) is 2.39. The summed E-state index contributed by atoms with van der Waals surface area (Å²) >= 11 is 0. The number of aliphatic hydroxyl groups excluding tert-OH is 1. The van der Waals surface area contributed by atoms with Crippen LogP contribution in [0.1, 0.15) is 46.1 Å². The molecular formula is C15H25FN2O. The summed E-state index contributed by atoms with van der Waals surface area (Å²) in [6.45, 7) is 8.92. The van der Waals surface area contributed by atoms with Gasteiger partial charge >= 0.3 is 0 Å². The Balaban J connectivity index is 3.16. The lowest BCUT2D eigenvalue weighted by molar-refractivity contribution is 0.275. The van der Waals surface area contributed by atoms with E-state index in [2.05, 4.69) is 32.7 Å². The highest BCUT2D eigenvalue weighted by molar-refractivity contribution is 5.44. The third kappa shape index (κ3) is 3.90. The first-order valence-electron chi connectivity index (χ1n) is 7.05. The first kappa shape index (κ1) is 15.9. The van der Waals surface area contributed by atoms with Crippen molar-refractivity contribution in [3.8, 4) is 0 Å². The van der Waals surface area contributed by atoms with E-state index in [1.54, 1.807) is 6.20 Å². The number of hydrogen-bond acceptors (Lipinski definition) is 3. The molecule has 0 radical (unpaired) electrons. The van der Waals surface area contributed by atoms with Crippen molar-refractivity contribution >= 4 is 5.82 Å². The van der Waals surface area contributed by atoms with E-state index in [0.29, 0.717) is 17.3 Å². The van der Waals surface area contributed by atoms with Crippen molar-refractivity contribution in [1.29, 1.82) is 0 Å². The standard InChI is InChI=1S/C15H25FN2O/c1-5-13(6-2)18(9-11(3)4)15-14(16)12(10-19)7-8-17-15/h7-8,11,13,19H,5-6,9-10H2,1-4H3. The molecule has 0 aliphatic carbocycles. The van der Waals surface area contributed by atoms with Crippen molar-refractivity contribution in [2.45, 2.75) is 53.2 Å². The van der Waals surface area contributed by atoms with E-state index in [1.807, 2.05) is 4.90 Å². The van der Waals surface area contributed by atoms with Crippen LogP contribution in [0.4, 0.5) is 10.2 Å². The van der Waals surface area contributed by atoms with Gasteiger partial charge in [-0.2, -0.15) is 0 Å². The Morgan fingerprint density at radius 3 is 2.42 bits per heavy atom. The van der Waals surface area contributed by atoms with Crippen molar-refractivity contribution in [2.24, 2.45) is 5.92 Å². The van der Waals surface area contributed by atoms with Crippen LogP contribution >= 0.6 is 0 Å².